The number of rotatable bonds is 5. The summed E-state index contributed by atoms with van der Waals surface area (Å²) in [4.78, 5) is 3.54. The molecule has 1 N–H and O–H groups in total. The van der Waals surface area contributed by atoms with Crippen molar-refractivity contribution >= 4 is 10.0 Å². The van der Waals surface area contributed by atoms with Crippen LogP contribution in [0.5, 0.6) is 0 Å². The highest BCUT2D eigenvalue weighted by molar-refractivity contribution is 7.89. The van der Waals surface area contributed by atoms with Gasteiger partial charge in [-0.15, -0.1) is 0 Å². The van der Waals surface area contributed by atoms with Gasteiger partial charge < -0.3 is 4.98 Å². The van der Waals surface area contributed by atoms with Crippen LogP contribution in [0.2, 0.25) is 0 Å². The maximum atomic E-state index is 13.1. The number of hydrogen-bond donors (Lipinski definition) is 1. The minimum absolute atomic E-state index is 0.242. The van der Waals surface area contributed by atoms with Crippen molar-refractivity contribution in [2.75, 3.05) is 6.54 Å². The van der Waals surface area contributed by atoms with Crippen LogP contribution < -0.4 is 0 Å². The highest BCUT2D eigenvalue weighted by Gasteiger charge is 2.22. The number of aromatic nitrogens is 1. The highest BCUT2D eigenvalue weighted by Crippen LogP contribution is 2.17. The van der Waals surface area contributed by atoms with Crippen molar-refractivity contribution in [2.45, 2.75) is 25.2 Å². The first kappa shape index (κ1) is 18.8. The van der Waals surface area contributed by atoms with E-state index in [9.17, 15) is 8.42 Å². The van der Waals surface area contributed by atoms with Crippen LogP contribution in [0.1, 0.15) is 22.5 Å². The van der Waals surface area contributed by atoms with Crippen molar-refractivity contribution < 1.29 is 8.42 Å². The molecule has 5 heteroatoms. The minimum Gasteiger partial charge on any atom is -0.362 e. The number of benzene rings is 2. The Labute approximate surface area is 160 Å². The quantitative estimate of drug-likeness (QED) is 0.541. The molecule has 0 aliphatic carbocycles. The molecular weight excluding hydrogens is 356 g/mol. The molecule has 2 aromatic carbocycles. The molecule has 1 heterocycles. The van der Waals surface area contributed by atoms with Gasteiger partial charge in [0.05, 0.1) is 4.90 Å². The molecule has 0 radical (unpaired) electrons. The average molecular weight is 378 g/mol. The zero-order valence-electron chi connectivity index (χ0n) is 15.4. The third-order valence-corrected chi connectivity index (χ3v) is 5.97. The molecule has 0 aliphatic heterocycles. The Morgan fingerprint density at radius 3 is 2.19 bits per heavy atom. The normalized spacial score (nSPS) is 10.9. The molecule has 0 aliphatic rings. The van der Waals surface area contributed by atoms with E-state index >= 15 is 0 Å². The van der Waals surface area contributed by atoms with Gasteiger partial charge in [0.25, 0.3) is 10.0 Å². The lowest BCUT2D eigenvalue weighted by atomic mass is 10.2. The molecule has 4 nitrogen and oxygen atoms in total. The summed E-state index contributed by atoms with van der Waals surface area (Å²) in [7, 11) is -3.70. The molecule has 0 saturated carbocycles. The maximum absolute atomic E-state index is 13.1. The van der Waals surface area contributed by atoms with E-state index < -0.39 is 10.0 Å². The number of sulfonamides is 1. The van der Waals surface area contributed by atoms with Crippen molar-refractivity contribution in [3.05, 3.63) is 89.2 Å². The van der Waals surface area contributed by atoms with Gasteiger partial charge in [0, 0.05) is 36.0 Å². The molecular formula is C22H22N2O2S. The predicted molar refractivity (Wildman–Crippen MR) is 108 cm³/mol. The number of H-pyrrole nitrogens is 1. The van der Waals surface area contributed by atoms with Crippen LogP contribution in [0, 0.1) is 25.8 Å². The van der Waals surface area contributed by atoms with Crippen LogP contribution in [0.15, 0.2) is 71.6 Å². The molecule has 0 bridgehead atoms. The van der Waals surface area contributed by atoms with Gasteiger partial charge in [-0.25, -0.2) is 12.7 Å². The molecule has 0 saturated heterocycles. The molecule has 0 unspecified atom stereocenters. The fourth-order valence-corrected chi connectivity index (χ4v) is 4.11. The van der Waals surface area contributed by atoms with Gasteiger partial charge >= 0.3 is 0 Å². The van der Waals surface area contributed by atoms with Crippen LogP contribution in [-0.2, 0) is 16.4 Å². The summed E-state index contributed by atoms with van der Waals surface area (Å²) < 4.78 is 27.4. The first-order valence-corrected chi connectivity index (χ1v) is 10.2. The molecule has 0 spiro atoms. The Bertz CT molecular complexity index is 1060. The summed E-state index contributed by atoms with van der Waals surface area (Å²) in [5.41, 5.74) is 4.00. The van der Waals surface area contributed by atoms with E-state index in [-0.39, 0.29) is 11.4 Å². The summed E-state index contributed by atoms with van der Waals surface area (Å²) in [5, 5.41) is 0. The number of nitrogens with one attached hydrogen (secondary N) is 1. The second-order valence-electron chi connectivity index (χ2n) is 6.36. The van der Waals surface area contributed by atoms with Gasteiger partial charge in [0.15, 0.2) is 0 Å². The smallest absolute Gasteiger partial charge is 0.270 e. The molecule has 1 aromatic heterocycles. The third-order valence-electron chi connectivity index (χ3n) is 4.25. The van der Waals surface area contributed by atoms with Crippen molar-refractivity contribution in [2.24, 2.45) is 0 Å². The van der Waals surface area contributed by atoms with Gasteiger partial charge in [-0.05, 0) is 55.7 Å². The molecule has 3 aromatic rings. The number of nitrogens with zero attached hydrogens (tertiary/aromatic N) is 1. The summed E-state index contributed by atoms with van der Waals surface area (Å²) >= 11 is 0. The first-order valence-electron chi connectivity index (χ1n) is 8.76. The number of aryl methyl sites for hydroxylation is 2. The number of aromatic amines is 1. The fraction of sp³-hybridized carbons (Fsp3) is 0.182. The van der Waals surface area contributed by atoms with E-state index in [1.54, 1.807) is 30.3 Å². The summed E-state index contributed by atoms with van der Waals surface area (Å²) in [6, 6.07) is 22.7. The van der Waals surface area contributed by atoms with Crippen molar-refractivity contribution in [3.63, 3.8) is 0 Å². The molecule has 138 valence electrons. The van der Waals surface area contributed by atoms with E-state index in [0.717, 1.165) is 22.5 Å². The summed E-state index contributed by atoms with van der Waals surface area (Å²) in [6.45, 7) is 4.28. The van der Waals surface area contributed by atoms with Crippen molar-refractivity contribution in [1.82, 2.24) is 9.29 Å². The van der Waals surface area contributed by atoms with E-state index in [1.807, 2.05) is 44.2 Å². The Hall–Kier alpha value is -2.97. The zero-order valence-corrected chi connectivity index (χ0v) is 16.3. The van der Waals surface area contributed by atoms with Gasteiger partial charge in [0.2, 0.25) is 0 Å². The van der Waals surface area contributed by atoms with Gasteiger partial charge in [-0.2, -0.15) is 0 Å². The van der Waals surface area contributed by atoms with Crippen LogP contribution >= 0.6 is 0 Å². The lowest BCUT2D eigenvalue weighted by molar-refractivity contribution is 0.510. The largest absolute Gasteiger partial charge is 0.362 e. The monoisotopic (exact) mass is 378 g/mol. The maximum Gasteiger partial charge on any atom is 0.270 e. The van der Waals surface area contributed by atoms with Gasteiger partial charge in [0.1, 0.15) is 0 Å². The van der Waals surface area contributed by atoms with Crippen molar-refractivity contribution in [3.8, 4) is 12.0 Å². The first-order chi connectivity index (χ1) is 13.0. The lowest BCUT2D eigenvalue weighted by Crippen LogP contribution is -2.29. The zero-order chi connectivity index (χ0) is 19.3. The number of hydrogen-bond acceptors (Lipinski definition) is 2. The van der Waals surface area contributed by atoms with E-state index in [0.29, 0.717) is 6.42 Å². The van der Waals surface area contributed by atoms with E-state index in [2.05, 4.69) is 23.0 Å². The van der Waals surface area contributed by atoms with Crippen molar-refractivity contribution in [1.29, 1.82) is 0 Å². The Kier molecular flexibility index (Phi) is 5.68. The molecule has 0 amide bonds. The predicted octanol–water partition coefficient (Wildman–Crippen LogP) is 3.87. The van der Waals surface area contributed by atoms with E-state index in [4.69, 9.17) is 0 Å². The summed E-state index contributed by atoms with van der Waals surface area (Å²) in [5.74, 6) is 2.96. The Morgan fingerprint density at radius 1 is 0.963 bits per heavy atom. The topological polar surface area (TPSA) is 53.2 Å². The molecule has 27 heavy (non-hydrogen) atoms. The second-order valence-corrected chi connectivity index (χ2v) is 8.22. The Morgan fingerprint density at radius 2 is 1.59 bits per heavy atom. The van der Waals surface area contributed by atoms with E-state index in [1.165, 1.54) is 4.31 Å². The lowest BCUT2D eigenvalue weighted by Gasteiger charge is -2.18. The van der Waals surface area contributed by atoms with Crippen LogP contribution in [-0.4, -0.2) is 24.3 Å². The molecule has 0 atom stereocenters. The van der Waals surface area contributed by atoms with Gasteiger partial charge in [-0.3, -0.25) is 0 Å². The Balaban J connectivity index is 1.91. The fourth-order valence-electron chi connectivity index (χ4n) is 2.86. The van der Waals surface area contributed by atoms with Crippen LogP contribution in [0.25, 0.3) is 0 Å². The molecule has 0 fully saturated rings. The van der Waals surface area contributed by atoms with Gasteiger partial charge in [-0.1, -0.05) is 36.4 Å². The SMILES string of the molecule is Cc1cc(C)c(CCN(C#Cc2ccccc2)S(=O)(=O)c2ccccc2)[nH]1. The summed E-state index contributed by atoms with van der Waals surface area (Å²) in [6.07, 6.45) is 0.565. The van der Waals surface area contributed by atoms with Crippen LogP contribution in [0.4, 0.5) is 0 Å². The third kappa shape index (κ3) is 4.60. The second kappa shape index (κ2) is 8.15. The highest BCUT2D eigenvalue weighted by atomic mass is 32.2. The minimum atomic E-state index is -3.70. The van der Waals surface area contributed by atoms with Crippen LogP contribution in [0.3, 0.4) is 0 Å². The standard InChI is InChI=1S/C22H22N2O2S/c1-18-17-19(2)23-22(18)14-16-24(15-13-20-9-5-3-6-10-20)27(25,26)21-11-7-4-8-12-21/h3-12,17,23H,14,16H2,1-2H3. The molecule has 3 rings (SSSR count). The average Bonchev–Trinajstić information content (AvgIpc) is 3.00.